The Hall–Kier alpha value is -4.04. The quantitative estimate of drug-likeness (QED) is 0.457. The highest BCUT2D eigenvalue weighted by Gasteiger charge is 2.36. The molecule has 180 valence electrons. The first kappa shape index (κ1) is 24.1. The molecule has 3 aromatic carbocycles. The van der Waals surface area contributed by atoms with Gasteiger partial charge in [-0.25, -0.2) is 0 Å². The monoisotopic (exact) mass is 494 g/mol. The number of nitrogens with one attached hydrogen (secondary N) is 1. The molecule has 0 radical (unpaired) electrons. The van der Waals surface area contributed by atoms with E-state index in [1.54, 1.807) is 79.9 Å². The van der Waals surface area contributed by atoms with E-state index < -0.39 is 24.4 Å². The summed E-state index contributed by atoms with van der Waals surface area (Å²) >= 11 is 6.01. The molecule has 1 fully saturated rings. The fourth-order valence-electron chi connectivity index (χ4n) is 3.59. The standard InChI is InChI=1S/C26H23ClN2O6/c1-33-19-10-12-21(13-11-19)35-20-8-6-18(7-9-20)29-15-17(14-25(29)31)26(32)34-16-24(30)28-23-5-3-2-4-22(23)27/h2-13,17H,14-16H2,1H3,(H,28,30)/t17-/m1/s1. The predicted molar refractivity (Wildman–Crippen MR) is 131 cm³/mol. The van der Waals surface area contributed by atoms with E-state index in [1.165, 1.54) is 4.90 Å². The van der Waals surface area contributed by atoms with Gasteiger partial charge in [-0.3, -0.25) is 14.4 Å². The van der Waals surface area contributed by atoms with Crippen molar-refractivity contribution in [3.63, 3.8) is 0 Å². The van der Waals surface area contributed by atoms with E-state index in [-0.39, 0.29) is 18.9 Å². The summed E-state index contributed by atoms with van der Waals surface area (Å²) < 4.78 is 16.1. The summed E-state index contributed by atoms with van der Waals surface area (Å²) in [5.74, 6) is 0.00890. The Balaban J connectivity index is 1.29. The molecule has 0 spiro atoms. The number of rotatable bonds is 8. The molecule has 0 bridgehead atoms. The van der Waals surface area contributed by atoms with Crippen molar-refractivity contribution >= 4 is 40.8 Å². The van der Waals surface area contributed by atoms with Gasteiger partial charge in [0, 0.05) is 18.7 Å². The third-order valence-corrected chi connectivity index (χ3v) is 5.72. The van der Waals surface area contributed by atoms with Gasteiger partial charge in [-0.1, -0.05) is 23.7 Å². The highest BCUT2D eigenvalue weighted by molar-refractivity contribution is 6.33. The van der Waals surface area contributed by atoms with E-state index >= 15 is 0 Å². The van der Waals surface area contributed by atoms with Gasteiger partial charge in [-0.05, 0) is 60.7 Å². The first-order valence-corrected chi connectivity index (χ1v) is 11.2. The van der Waals surface area contributed by atoms with Gasteiger partial charge in [0.05, 0.1) is 23.7 Å². The van der Waals surface area contributed by atoms with Crippen molar-refractivity contribution in [3.05, 3.63) is 77.8 Å². The average molecular weight is 495 g/mol. The second kappa shape index (κ2) is 10.9. The number of anilines is 2. The zero-order chi connectivity index (χ0) is 24.8. The van der Waals surface area contributed by atoms with Gasteiger partial charge in [-0.2, -0.15) is 0 Å². The summed E-state index contributed by atoms with van der Waals surface area (Å²) in [6.07, 6.45) is 0.00899. The maximum atomic E-state index is 12.5. The fourth-order valence-corrected chi connectivity index (χ4v) is 3.78. The number of amides is 2. The number of carbonyl (C=O) groups excluding carboxylic acids is 3. The molecule has 1 aliphatic heterocycles. The van der Waals surface area contributed by atoms with Crippen molar-refractivity contribution in [1.29, 1.82) is 0 Å². The Bertz CT molecular complexity index is 1210. The lowest BCUT2D eigenvalue weighted by Gasteiger charge is -2.17. The molecule has 3 aromatic rings. The van der Waals surface area contributed by atoms with Gasteiger partial charge in [-0.15, -0.1) is 0 Å². The van der Waals surface area contributed by atoms with Gasteiger partial charge < -0.3 is 24.4 Å². The van der Waals surface area contributed by atoms with Crippen LogP contribution < -0.4 is 19.7 Å². The molecular formula is C26H23ClN2O6. The second-order valence-electron chi connectivity index (χ2n) is 7.81. The van der Waals surface area contributed by atoms with E-state index in [0.717, 1.165) is 5.75 Å². The summed E-state index contributed by atoms with van der Waals surface area (Å²) in [5.41, 5.74) is 1.07. The van der Waals surface area contributed by atoms with Crippen LogP contribution in [0.5, 0.6) is 17.2 Å². The highest BCUT2D eigenvalue weighted by Crippen LogP contribution is 2.30. The van der Waals surface area contributed by atoms with Gasteiger partial charge in [0.1, 0.15) is 17.2 Å². The van der Waals surface area contributed by atoms with Crippen LogP contribution in [0.3, 0.4) is 0 Å². The van der Waals surface area contributed by atoms with Gasteiger partial charge in [0.15, 0.2) is 6.61 Å². The molecule has 4 rings (SSSR count). The van der Waals surface area contributed by atoms with E-state index in [4.69, 9.17) is 25.8 Å². The van der Waals surface area contributed by atoms with Crippen molar-refractivity contribution in [3.8, 4) is 17.2 Å². The van der Waals surface area contributed by atoms with Crippen LogP contribution in [-0.2, 0) is 19.1 Å². The van der Waals surface area contributed by atoms with Crippen LogP contribution in [0.2, 0.25) is 5.02 Å². The number of methoxy groups -OCH3 is 1. The van der Waals surface area contributed by atoms with E-state index in [2.05, 4.69) is 5.32 Å². The lowest BCUT2D eigenvalue weighted by atomic mass is 10.1. The Morgan fingerprint density at radius 2 is 1.60 bits per heavy atom. The van der Waals surface area contributed by atoms with Crippen LogP contribution in [0.15, 0.2) is 72.8 Å². The first-order chi connectivity index (χ1) is 16.9. The lowest BCUT2D eigenvalue weighted by molar-refractivity contribution is -0.151. The van der Waals surface area contributed by atoms with Gasteiger partial charge in [0.2, 0.25) is 5.91 Å². The summed E-state index contributed by atoms with van der Waals surface area (Å²) in [6, 6.07) is 20.9. The maximum Gasteiger partial charge on any atom is 0.311 e. The molecule has 35 heavy (non-hydrogen) atoms. The summed E-state index contributed by atoms with van der Waals surface area (Å²) in [7, 11) is 1.59. The number of benzene rings is 3. The number of hydrogen-bond acceptors (Lipinski definition) is 6. The van der Waals surface area contributed by atoms with Crippen LogP contribution in [0, 0.1) is 5.92 Å². The Morgan fingerprint density at radius 3 is 2.26 bits per heavy atom. The number of hydrogen-bond donors (Lipinski definition) is 1. The van der Waals surface area contributed by atoms with Gasteiger partial charge in [0.25, 0.3) is 5.91 Å². The van der Waals surface area contributed by atoms with Crippen LogP contribution >= 0.6 is 11.6 Å². The normalized spacial score (nSPS) is 15.0. The maximum absolute atomic E-state index is 12.5. The summed E-state index contributed by atoms with van der Waals surface area (Å²) in [4.78, 5) is 38.6. The SMILES string of the molecule is COc1ccc(Oc2ccc(N3C[C@H](C(=O)OCC(=O)Nc4ccccc4Cl)CC3=O)cc2)cc1. The zero-order valence-electron chi connectivity index (χ0n) is 18.9. The van der Waals surface area contributed by atoms with Crippen LogP contribution in [-0.4, -0.2) is 38.0 Å². The molecule has 2 amide bonds. The third kappa shape index (κ3) is 6.10. The molecule has 1 atom stereocenters. The number of halogens is 1. The molecule has 0 aliphatic carbocycles. The minimum absolute atomic E-state index is 0.00899. The Kier molecular flexibility index (Phi) is 7.52. The molecule has 9 heteroatoms. The van der Waals surface area contributed by atoms with E-state index in [9.17, 15) is 14.4 Å². The lowest BCUT2D eigenvalue weighted by Crippen LogP contribution is -2.28. The molecule has 8 nitrogen and oxygen atoms in total. The van der Waals surface area contributed by atoms with Crippen LogP contribution in [0.25, 0.3) is 0 Å². The van der Waals surface area contributed by atoms with Crippen LogP contribution in [0.4, 0.5) is 11.4 Å². The number of esters is 1. The topological polar surface area (TPSA) is 94.2 Å². The minimum atomic E-state index is -0.661. The second-order valence-corrected chi connectivity index (χ2v) is 8.22. The number of para-hydroxylation sites is 1. The van der Waals surface area contributed by atoms with Crippen molar-refractivity contribution in [2.45, 2.75) is 6.42 Å². The average Bonchev–Trinajstić information content (AvgIpc) is 3.26. The van der Waals surface area contributed by atoms with Crippen molar-refractivity contribution in [2.75, 3.05) is 30.5 Å². The number of ether oxygens (including phenoxy) is 3. The smallest absolute Gasteiger partial charge is 0.311 e. The highest BCUT2D eigenvalue weighted by atomic mass is 35.5. The third-order valence-electron chi connectivity index (χ3n) is 5.40. The van der Waals surface area contributed by atoms with Gasteiger partial charge >= 0.3 is 5.97 Å². The first-order valence-electron chi connectivity index (χ1n) is 10.9. The van der Waals surface area contributed by atoms with Crippen molar-refractivity contribution in [1.82, 2.24) is 0 Å². The molecule has 0 aromatic heterocycles. The largest absolute Gasteiger partial charge is 0.497 e. The molecule has 1 aliphatic rings. The van der Waals surface area contributed by atoms with E-state index in [1.807, 2.05) is 0 Å². The molecule has 1 heterocycles. The molecule has 0 unspecified atom stereocenters. The minimum Gasteiger partial charge on any atom is -0.497 e. The van der Waals surface area contributed by atoms with Crippen molar-refractivity contribution in [2.24, 2.45) is 5.92 Å². The van der Waals surface area contributed by atoms with E-state index in [0.29, 0.717) is 27.9 Å². The molecule has 1 N–H and O–H groups in total. The molecular weight excluding hydrogens is 472 g/mol. The fraction of sp³-hybridized carbons (Fsp3) is 0.192. The van der Waals surface area contributed by atoms with Crippen molar-refractivity contribution < 1.29 is 28.6 Å². The Labute approximate surface area is 207 Å². The molecule has 1 saturated heterocycles. The zero-order valence-corrected chi connectivity index (χ0v) is 19.7. The number of nitrogens with zero attached hydrogens (tertiary/aromatic N) is 1. The predicted octanol–water partition coefficient (Wildman–Crippen LogP) is 4.68. The van der Waals surface area contributed by atoms with Crippen LogP contribution in [0.1, 0.15) is 6.42 Å². The Morgan fingerprint density at radius 1 is 0.971 bits per heavy atom. The summed E-state index contributed by atoms with van der Waals surface area (Å²) in [5, 5.41) is 2.96. The summed E-state index contributed by atoms with van der Waals surface area (Å²) in [6.45, 7) is -0.297. The number of carbonyl (C=O) groups is 3. The molecule has 0 saturated carbocycles.